The minimum Gasteiger partial charge on any atom is -0.330 e. The average Bonchev–Trinajstić information content (AvgIpc) is 2.23. The van der Waals surface area contributed by atoms with Crippen LogP contribution in [0.3, 0.4) is 0 Å². The third-order valence-electron chi connectivity index (χ3n) is 0.258. The van der Waals surface area contributed by atoms with E-state index in [-0.39, 0.29) is 17.1 Å². The van der Waals surface area contributed by atoms with Crippen LogP contribution in [0.1, 0.15) is 0 Å². The summed E-state index contributed by atoms with van der Waals surface area (Å²) < 4.78 is 0. The van der Waals surface area contributed by atoms with Crippen LogP contribution < -0.4 is 11.5 Å². The molecule has 0 aromatic carbocycles. The summed E-state index contributed by atoms with van der Waals surface area (Å²) >= 11 is 7.59. The zero-order chi connectivity index (χ0) is 10.8. The van der Waals surface area contributed by atoms with E-state index < -0.39 is 0 Å². The third kappa shape index (κ3) is 223. The average molecular weight is 270 g/mol. The SMILES string of the molecule is C=O.C=O.NCCS.NCCS.[Fe]. The molecule has 0 aliphatic carbocycles. The molecule has 0 fully saturated rings. The fourth-order valence-corrected chi connectivity index (χ4v) is 0. The van der Waals surface area contributed by atoms with E-state index in [1.165, 1.54) is 0 Å². The van der Waals surface area contributed by atoms with Gasteiger partial charge < -0.3 is 21.1 Å². The molecule has 7 heteroatoms. The Morgan fingerprint density at radius 1 is 0.846 bits per heavy atom. The molecule has 0 saturated heterocycles. The van der Waals surface area contributed by atoms with Gasteiger partial charge in [0.1, 0.15) is 13.6 Å². The minimum absolute atomic E-state index is 0. The monoisotopic (exact) mass is 270 g/mol. The van der Waals surface area contributed by atoms with Crippen molar-refractivity contribution in [1.82, 2.24) is 0 Å². The molecule has 0 unspecified atom stereocenters. The van der Waals surface area contributed by atoms with Gasteiger partial charge in [-0.2, -0.15) is 25.3 Å². The van der Waals surface area contributed by atoms with Crippen LogP contribution in [-0.4, -0.2) is 38.2 Å². The molecule has 0 aromatic rings. The number of carbonyl (C=O) groups is 2. The quantitative estimate of drug-likeness (QED) is 0.398. The first-order chi connectivity index (χ1) is 5.83. The molecule has 0 heterocycles. The zero-order valence-corrected chi connectivity index (χ0v) is 10.4. The maximum absolute atomic E-state index is 8.00. The maximum atomic E-state index is 8.00. The Labute approximate surface area is 101 Å². The van der Waals surface area contributed by atoms with Crippen molar-refractivity contribution in [3.8, 4) is 0 Å². The topological polar surface area (TPSA) is 86.2 Å². The molecule has 0 aliphatic heterocycles. The fourth-order valence-electron chi connectivity index (χ4n) is 0. The molecule has 0 rings (SSSR count). The van der Waals surface area contributed by atoms with Crippen LogP contribution in [0.25, 0.3) is 0 Å². The molecule has 0 aromatic heterocycles. The predicted octanol–water partition coefficient (Wildman–Crippen LogP) is -0.622. The van der Waals surface area contributed by atoms with Gasteiger partial charge in [-0.05, 0) is 0 Å². The maximum Gasteiger partial charge on any atom is 0.106 e. The van der Waals surface area contributed by atoms with Crippen molar-refractivity contribution in [3.63, 3.8) is 0 Å². The number of hydrogen-bond acceptors (Lipinski definition) is 6. The summed E-state index contributed by atoms with van der Waals surface area (Å²) in [6, 6.07) is 0. The summed E-state index contributed by atoms with van der Waals surface area (Å²) in [6.07, 6.45) is 0. The first-order valence-electron chi connectivity index (χ1n) is 3.03. The minimum atomic E-state index is 0. The Morgan fingerprint density at radius 3 is 0.923 bits per heavy atom. The normalized spacial score (nSPS) is 5.23. The number of hydrogen-bond donors (Lipinski definition) is 4. The summed E-state index contributed by atoms with van der Waals surface area (Å²) in [6.45, 7) is 5.37. The second-order valence-electron chi connectivity index (χ2n) is 1.02. The Kier molecular flexibility index (Phi) is 184. The van der Waals surface area contributed by atoms with E-state index in [1.807, 2.05) is 13.6 Å². The zero-order valence-electron chi connectivity index (χ0n) is 7.46. The second kappa shape index (κ2) is 82.0. The van der Waals surface area contributed by atoms with Crippen LogP contribution in [0.4, 0.5) is 0 Å². The number of thiol groups is 2. The number of rotatable bonds is 2. The van der Waals surface area contributed by atoms with Gasteiger partial charge in [0.15, 0.2) is 0 Å². The molecule has 4 N–H and O–H groups in total. The van der Waals surface area contributed by atoms with Gasteiger partial charge >= 0.3 is 0 Å². The molecule has 0 saturated carbocycles. The molecule has 0 radical (unpaired) electrons. The van der Waals surface area contributed by atoms with Crippen molar-refractivity contribution >= 4 is 38.8 Å². The second-order valence-corrected chi connectivity index (χ2v) is 1.92. The fraction of sp³-hybridized carbons (Fsp3) is 0.667. The van der Waals surface area contributed by atoms with E-state index in [2.05, 4.69) is 25.3 Å². The summed E-state index contributed by atoms with van der Waals surface area (Å²) in [4.78, 5) is 16.0. The van der Waals surface area contributed by atoms with Crippen LogP contribution in [0.2, 0.25) is 0 Å². The van der Waals surface area contributed by atoms with Gasteiger partial charge in [0.05, 0.1) is 0 Å². The smallest absolute Gasteiger partial charge is 0.106 e. The molecule has 0 spiro atoms. The van der Waals surface area contributed by atoms with Crippen molar-refractivity contribution in [1.29, 1.82) is 0 Å². The Morgan fingerprint density at radius 2 is 0.923 bits per heavy atom. The molecule has 0 atom stereocenters. The molecule has 0 amide bonds. The van der Waals surface area contributed by atoms with Gasteiger partial charge in [-0.25, -0.2) is 0 Å². The van der Waals surface area contributed by atoms with Crippen molar-refractivity contribution in [2.75, 3.05) is 24.6 Å². The van der Waals surface area contributed by atoms with Gasteiger partial charge in [0, 0.05) is 41.7 Å². The van der Waals surface area contributed by atoms with Crippen LogP contribution in [0, 0.1) is 0 Å². The van der Waals surface area contributed by atoms with Crippen LogP contribution in [0.5, 0.6) is 0 Å². The van der Waals surface area contributed by atoms with Crippen molar-refractivity contribution in [3.05, 3.63) is 0 Å². The summed E-state index contributed by atoms with van der Waals surface area (Å²) in [5.74, 6) is 1.58. The standard InChI is InChI=1S/2C2H7NS.2CH2O.Fe/c2*3-1-2-4;2*1-2;/h2*4H,1-3H2;2*1H2;. The van der Waals surface area contributed by atoms with Crippen molar-refractivity contribution in [2.24, 2.45) is 11.5 Å². The molecule has 4 nitrogen and oxygen atoms in total. The Hall–Kier alpha value is 0.479. The summed E-state index contributed by atoms with van der Waals surface area (Å²) in [5, 5.41) is 0. The van der Waals surface area contributed by atoms with E-state index >= 15 is 0 Å². The molecule has 0 aliphatic rings. The van der Waals surface area contributed by atoms with Gasteiger partial charge in [0.25, 0.3) is 0 Å². The van der Waals surface area contributed by atoms with E-state index in [4.69, 9.17) is 21.1 Å². The van der Waals surface area contributed by atoms with Crippen molar-refractivity contribution < 1.29 is 26.7 Å². The first-order valence-corrected chi connectivity index (χ1v) is 4.29. The van der Waals surface area contributed by atoms with E-state index in [1.54, 1.807) is 0 Å². The molecule has 0 bridgehead atoms. The van der Waals surface area contributed by atoms with E-state index in [0.29, 0.717) is 13.1 Å². The van der Waals surface area contributed by atoms with E-state index in [0.717, 1.165) is 11.5 Å². The largest absolute Gasteiger partial charge is 0.330 e. The molecular formula is C6H18FeN2O2S2. The number of nitrogens with two attached hydrogens (primary N) is 2. The molecule has 13 heavy (non-hydrogen) atoms. The predicted molar refractivity (Wildman–Crippen MR) is 60.1 cm³/mol. The molecular weight excluding hydrogens is 252 g/mol. The number of carbonyl (C=O) groups excluding carboxylic acids is 2. The van der Waals surface area contributed by atoms with Gasteiger partial charge in [-0.1, -0.05) is 0 Å². The Bertz CT molecular complexity index is 47.6. The van der Waals surface area contributed by atoms with Gasteiger partial charge in [0.2, 0.25) is 0 Å². The van der Waals surface area contributed by atoms with Crippen LogP contribution >= 0.6 is 25.3 Å². The van der Waals surface area contributed by atoms with Gasteiger partial charge in [-0.3, -0.25) is 0 Å². The first kappa shape index (κ1) is 29.2. The van der Waals surface area contributed by atoms with Crippen LogP contribution in [-0.2, 0) is 26.7 Å². The Balaban J connectivity index is -0.0000000226. The molecule has 84 valence electrons. The summed E-state index contributed by atoms with van der Waals surface area (Å²) in [5.41, 5.74) is 9.90. The van der Waals surface area contributed by atoms with Crippen LogP contribution in [0.15, 0.2) is 0 Å². The van der Waals surface area contributed by atoms with E-state index in [9.17, 15) is 0 Å². The van der Waals surface area contributed by atoms with Crippen molar-refractivity contribution in [2.45, 2.75) is 0 Å². The van der Waals surface area contributed by atoms with Gasteiger partial charge in [-0.15, -0.1) is 0 Å². The summed E-state index contributed by atoms with van der Waals surface area (Å²) in [7, 11) is 0. The third-order valence-corrected chi connectivity index (χ3v) is 0.775.